The number of aromatic amines is 1. The highest BCUT2D eigenvalue weighted by atomic mass is 32.2. The molecule has 1 N–H and O–H groups in total. The molecule has 0 atom stereocenters. The topological polar surface area (TPSA) is 103 Å². The van der Waals surface area contributed by atoms with Gasteiger partial charge in [-0.25, -0.2) is 4.68 Å². The van der Waals surface area contributed by atoms with Gasteiger partial charge in [0.25, 0.3) is 21.2 Å². The van der Waals surface area contributed by atoms with Crippen molar-refractivity contribution in [2.45, 2.75) is 20.4 Å². The van der Waals surface area contributed by atoms with Gasteiger partial charge in [-0.15, -0.1) is 0 Å². The highest BCUT2D eigenvalue weighted by Crippen LogP contribution is 2.23. The Morgan fingerprint density at radius 1 is 1.04 bits per heavy atom. The summed E-state index contributed by atoms with van der Waals surface area (Å²) in [5.41, 5.74) is 1.37. The zero-order valence-corrected chi connectivity index (χ0v) is 15.5. The number of aryl methyl sites for hydroxylation is 2. The van der Waals surface area contributed by atoms with Crippen LogP contribution in [0.2, 0.25) is 0 Å². The number of hydrogen-bond donors (Lipinski definition) is 1. The quantitative estimate of drug-likeness (QED) is 0.670. The second-order valence-electron chi connectivity index (χ2n) is 6.02. The van der Waals surface area contributed by atoms with Crippen molar-refractivity contribution in [1.82, 2.24) is 14.3 Å². The lowest BCUT2D eigenvalue weighted by Crippen LogP contribution is -2.31. The minimum absolute atomic E-state index is 0.0773. The summed E-state index contributed by atoms with van der Waals surface area (Å²) in [6.45, 7) is 3.25. The van der Waals surface area contributed by atoms with Crippen LogP contribution < -0.4 is 11.1 Å². The Morgan fingerprint density at radius 2 is 1.65 bits per heavy atom. The predicted octanol–water partition coefficient (Wildman–Crippen LogP) is 1.07. The number of fused-ring (bicyclic) bond motifs is 1. The van der Waals surface area contributed by atoms with Crippen molar-refractivity contribution in [2.24, 2.45) is 0 Å². The molecule has 8 nitrogen and oxygen atoms in total. The van der Waals surface area contributed by atoms with Crippen LogP contribution in [0, 0.1) is 13.8 Å². The average molecular weight is 377 g/mol. The van der Waals surface area contributed by atoms with Gasteiger partial charge in [0.2, 0.25) is 0 Å². The van der Waals surface area contributed by atoms with Gasteiger partial charge in [0.1, 0.15) is 0 Å². The molecular weight excluding hydrogens is 358 g/mol. The molecule has 3 aromatic rings. The maximum Gasteiger partial charge on any atom is 0.275 e. The van der Waals surface area contributed by atoms with Gasteiger partial charge >= 0.3 is 0 Å². The Labute approximate surface area is 149 Å². The second-order valence-corrected chi connectivity index (χ2v) is 7.66. The summed E-state index contributed by atoms with van der Waals surface area (Å²) in [5.74, 6) is 0. The predicted molar refractivity (Wildman–Crippen MR) is 98.4 cm³/mol. The van der Waals surface area contributed by atoms with Crippen molar-refractivity contribution in [3.63, 3.8) is 0 Å². The van der Waals surface area contributed by atoms with E-state index in [1.807, 2.05) is 34.9 Å². The molecule has 0 aliphatic heterocycles. The van der Waals surface area contributed by atoms with Gasteiger partial charge in [0.15, 0.2) is 0 Å². The minimum atomic E-state index is -3.62. The number of benzene rings is 1. The van der Waals surface area contributed by atoms with Crippen LogP contribution in [-0.2, 0) is 20.8 Å². The molecule has 0 saturated carbocycles. The Balaban J connectivity index is 2.17. The number of rotatable bonds is 5. The van der Waals surface area contributed by atoms with Crippen LogP contribution >= 0.6 is 0 Å². The molecule has 0 saturated heterocycles. The third kappa shape index (κ3) is 3.23. The lowest BCUT2D eigenvalue weighted by Gasteiger charge is -2.08. The largest absolute Gasteiger partial charge is 0.317 e. The highest BCUT2D eigenvalue weighted by Gasteiger charge is 2.19. The molecule has 0 radical (unpaired) electrons. The van der Waals surface area contributed by atoms with Gasteiger partial charge in [0, 0.05) is 17.1 Å². The van der Waals surface area contributed by atoms with Crippen molar-refractivity contribution in [2.75, 3.05) is 12.9 Å². The molecule has 138 valence electrons. The fourth-order valence-corrected chi connectivity index (χ4v) is 3.52. The molecule has 0 unspecified atom stereocenters. The number of H-pyrrole nitrogens is 1. The van der Waals surface area contributed by atoms with Crippen LogP contribution in [-0.4, -0.2) is 35.6 Å². The zero-order valence-electron chi connectivity index (χ0n) is 14.6. The monoisotopic (exact) mass is 377 g/mol. The second kappa shape index (κ2) is 6.58. The molecule has 0 bridgehead atoms. The molecule has 2 heterocycles. The van der Waals surface area contributed by atoms with Gasteiger partial charge in [-0.1, -0.05) is 18.2 Å². The van der Waals surface area contributed by atoms with Crippen LogP contribution in [0.5, 0.6) is 0 Å². The number of aromatic nitrogens is 3. The van der Waals surface area contributed by atoms with Crippen molar-refractivity contribution in [1.29, 1.82) is 0 Å². The normalized spacial score (nSPS) is 12.0. The van der Waals surface area contributed by atoms with E-state index in [0.717, 1.165) is 16.6 Å². The van der Waals surface area contributed by atoms with Crippen LogP contribution in [0.4, 0.5) is 0 Å². The average Bonchev–Trinajstić information content (AvgIpc) is 2.83. The summed E-state index contributed by atoms with van der Waals surface area (Å²) in [7, 11) is -3.62. The van der Waals surface area contributed by atoms with E-state index in [1.165, 1.54) is 0 Å². The molecule has 0 amide bonds. The molecule has 0 fully saturated rings. The Bertz CT molecular complexity index is 1190. The SMILES string of the molecule is Cc1c2c(=O)[nH]n(CCOS(C)(=O)=O)c(=O)c2c(C)n1-c1ccccc1. The molecule has 0 aliphatic rings. The van der Waals surface area contributed by atoms with E-state index in [1.54, 1.807) is 13.8 Å². The summed E-state index contributed by atoms with van der Waals surface area (Å²) in [6.07, 6.45) is 0.926. The van der Waals surface area contributed by atoms with E-state index in [2.05, 4.69) is 9.28 Å². The van der Waals surface area contributed by atoms with Crippen molar-refractivity contribution in [3.05, 3.63) is 62.4 Å². The van der Waals surface area contributed by atoms with Crippen molar-refractivity contribution in [3.8, 4) is 5.69 Å². The summed E-state index contributed by atoms with van der Waals surface area (Å²) in [5, 5.41) is 3.14. The molecular formula is C17H19N3O5S. The van der Waals surface area contributed by atoms with Gasteiger partial charge in [0.05, 0.1) is 30.2 Å². The maximum atomic E-state index is 12.8. The maximum absolute atomic E-state index is 12.8. The molecule has 0 spiro atoms. The molecule has 26 heavy (non-hydrogen) atoms. The lowest BCUT2D eigenvalue weighted by atomic mass is 10.2. The lowest BCUT2D eigenvalue weighted by molar-refractivity contribution is 0.294. The van der Waals surface area contributed by atoms with E-state index in [4.69, 9.17) is 0 Å². The third-order valence-electron chi connectivity index (χ3n) is 4.19. The smallest absolute Gasteiger partial charge is 0.275 e. The summed E-state index contributed by atoms with van der Waals surface area (Å²) in [6, 6.07) is 9.43. The van der Waals surface area contributed by atoms with Gasteiger partial charge in [-0.2, -0.15) is 8.42 Å². The Kier molecular flexibility index (Phi) is 4.59. The van der Waals surface area contributed by atoms with Gasteiger partial charge < -0.3 is 4.57 Å². The zero-order chi connectivity index (χ0) is 19.1. The van der Waals surface area contributed by atoms with Crippen molar-refractivity contribution >= 4 is 20.9 Å². The first-order valence-corrected chi connectivity index (χ1v) is 9.77. The fraction of sp³-hybridized carbons (Fsp3) is 0.294. The van der Waals surface area contributed by atoms with Gasteiger partial charge in [-0.3, -0.25) is 18.9 Å². The van der Waals surface area contributed by atoms with Crippen molar-refractivity contribution < 1.29 is 12.6 Å². The van der Waals surface area contributed by atoms with Crippen LogP contribution in [0.15, 0.2) is 39.9 Å². The Hall–Kier alpha value is -2.65. The van der Waals surface area contributed by atoms with Crippen LogP contribution in [0.25, 0.3) is 16.5 Å². The first kappa shape index (κ1) is 18.2. The Morgan fingerprint density at radius 3 is 2.27 bits per heavy atom. The van der Waals surface area contributed by atoms with E-state index < -0.39 is 21.2 Å². The first-order valence-electron chi connectivity index (χ1n) is 7.95. The minimum Gasteiger partial charge on any atom is -0.317 e. The molecule has 9 heteroatoms. The van der Waals surface area contributed by atoms with E-state index in [0.29, 0.717) is 22.2 Å². The number of para-hydroxylation sites is 1. The molecule has 1 aromatic carbocycles. The summed E-state index contributed by atoms with van der Waals surface area (Å²) < 4.78 is 29.7. The third-order valence-corrected chi connectivity index (χ3v) is 4.79. The number of hydrogen-bond acceptors (Lipinski definition) is 5. The molecule has 3 rings (SSSR count). The van der Waals surface area contributed by atoms with Crippen LogP contribution in [0.1, 0.15) is 11.4 Å². The molecule has 0 aliphatic carbocycles. The van der Waals surface area contributed by atoms with Crippen LogP contribution in [0.3, 0.4) is 0 Å². The standard InChI is InChI=1S/C17H19N3O5S/c1-11-14-15(12(2)20(11)13-7-5-4-6-8-13)17(22)19(18-16(14)21)9-10-25-26(3,23)24/h4-8H,9-10H2,1-3H3,(H,18,21). The van der Waals surface area contributed by atoms with E-state index in [-0.39, 0.29) is 13.2 Å². The van der Waals surface area contributed by atoms with E-state index in [9.17, 15) is 18.0 Å². The number of nitrogens with one attached hydrogen (secondary N) is 1. The van der Waals surface area contributed by atoms with Gasteiger partial charge in [-0.05, 0) is 26.0 Å². The molecule has 2 aromatic heterocycles. The van der Waals surface area contributed by atoms with E-state index >= 15 is 0 Å². The number of nitrogens with zero attached hydrogens (tertiary/aromatic N) is 2. The fourth-order valence-electron chi connectivity index (χ4n) is 3.14. The summed E-state index contributed by atoms with van der Waals surface area (Å²) in [4.78, 5) is 25.4. The first-order chi connectivity index (χ1) is 12.2. The summed E-state index contributed by atoms with van der Waals surface area (Å²) >= 11 is 0. The highest BCUT2D eigenvalue weighted by molar-refractivity contribution is 7.85.